The van der Waals surface area contributed by atoms with Crippen LogP contribution in [0.3, 0.4) is 0 Å². The predicted molar refractivity (Wildman–Crippen MR) is 41.8 cm³/mol. The van der Waals surface area contributed by atoms with Gasteiger partial charge in [-0.3, -0.25) is 0 Å². The molecule has 3 atom stereocenters. The van der Waals surface area contributed by atoms with Crippen molar-refractivity contribution in [3.63, 3.8) is 0 Å². The summed E-state index contributed by atoms with van der Waals surface area (Å²) in [5.41, 5.74) is 5.78. The lowest BCUT2D eigenvalue weighted by molar-refractivity contribution is 0.0638. The van der Waals surface area contributed by atoms with E-state index < -0.39 is 0 Å². The SMILES string of the molecule is COC1CCCC1C(C)N. The Kier molecular flexibility index (Phi) is 2.69. The number of ether oxygens (including phenoxy) is 1. The van der Waals surface area contributed by atoms with E-state index in [2.05, 4.69) is 6.92 Å². The Morgan fingerprint density at radius 3 is 2.60 bits per heavy atom. The Morgan fingerprint density at radius 1 is 1.50 bits per heavy atom. The third kappa shape index (κ3) is 1.50. The summed E-state index contributed by atoms with van der Waals surface area (Å²) in [5.74, 6) is 0.602. The van der Waals surface area contributed by atoms with Crippen LogP contribution < -0.4 is 5.73 Å². The molecule has 0 aliphatic heterocycles. The van der Waals surface area contributed by atoms with Crippen molar-refractivity contribution in [2.24, 2.45) is 11.7 Å². The number of nitrogens with two attached hydrogens (primary N) is 1. The highest BCUT2D eigenvalue weighted by molar-refractivity contribution is 4.83. The van der Waals surface area contributed by atoms with Gasteiger partial charge >= 0.3 is 0 Å². The van der Waals surface area contributed by atoms with E-state index in [1.54, 1.807) is 7.11 Å². The molecule has 0 radical (unpaired) electrons. The van der Waals surface area contributed by atoms with Crippen LogP contribution in [-0.4, -0.2) is 19.3 Å². The molecule has 1 saturated carbocycles. The summed E-state index contributed by atoms with van der Waals surface area (Å²) in [6.07, 6.45) is 4.16. The van der Waals surface area contributed by atoms with E-state index >= 15 is 0 Å². The third-order valence-electron chi connectivity index (χ3n) is 2.48. The topological polar surface area (TPSA) is 35.2 Å². The highest BCUT2D eigenvalue weighted by Gasteiger charge is 2.29. The summed E-state index contributed by atoms with van der Waals surface area (Å²) in [5, 5.41) is 0. The first kappa shape index (κ1) is 8.02. The molecule has 2 heteroatoms. The molecule has 0 amide bonds. The van der Waals surface area contributed by atoms with Crippen molar-refractivity contribution >= 4 is 0 Å². The van der Waals surface area contributed by atoms with Crippen molar-refractivity contribution in [2.45, 2.75) is 38.3 Å². The molecular formula is C8H17NO. The molecule has 1 fully saturated rings. The molecular weight excluding hydrogens is 126 g/mol. The Hall–Kier alpha value is -0.0800. The lowest BCUT2D eigenvalue weighted by Gasteiger charge is -2.21. The first-order chi connectivity index (χ1) is 4.75. The Morgan fingerprint density at radius 2 is 2.20 bits per heavy atom. The van der Waals surface area contributed by atoms with Crippen LogP contribution in [-0.2, 0) is 4.74 Å². The van der Waals surface area contributed by atoms with Gasteiger partial charge in [-0.05, 0) is 25.7 Å². The van der Waals surface area contributed by atoms with Crippen LogP contribution in [0.15, 0.2) is 0 Å². The van der Waals surface area contributed by atoms with Crippen molar-refractivity contribution in [3.8, 4) is 0 Å². The molecule has 3 unspecified atom stereocenters. The zero-order chi connectivity index (χ0) is 7.56. The number of hydrogen-bond acceptors (Lipinski definition) is 2. The summed E-state index contributed by atoms with van der Waals surface area (Å²) < 4.78 is 5.31. The van der Waals surface area contributed by atoms with Gasteiger partial charge in [0.05, 0.1) is 6.10 Å². The maximum Gasteiger partial charge on any atom is 0.0614 e. The third-order valence-corrected chi connectivity index (χ3v) is 2.48. The lowest BCUT2D eigenvalue weighted by atomic mass is 9.98. The normalized spacial score (nSPS) is 36.3. The highest BCUT2D eigenvalue weighted by Crippen LogP contribution is 2.29. The van der Waals surface area contributed by atoms with Crippen molar-refractivity contribution < 1.29 is 4.74 Å². The Balaban J connectivity index is 2.42. The van der Waals surface area contributed by atoms with Crippen LogP contribution in [0.1, 0.15) is 26.2 Å². The number of methoxy groups -OCH3 is 1. The van der Waals surface area contributed by atoms with E-state index in [4.69, 9.17) is 10.5 Å². The maximum atomic E-state index is 5.78. The van der Waals surface area contributed by atoms with E-state index in [0.717, 1.165) is 0 Å². The molecule has 0 bridgehead atoms. The van der Waals surface area contributed by atoms with Gasteiger partial charge in [0.25, 0.3) is 0 Å². The Labute approximate surface area is 62.7 Å². The molecule has 0 aromatic heterocycles. The maximum absolute atomic E-state index is 5.78. The number of rotatable bonds is 2. The molecule has 0 saturated heterocycles. The summed E-state index contributed by atoms with van der Waals surface area (Å²) in [6, 6.07) is 0.299. The molecule has 60 valence electrons. The molecule has 2 N–H and O–H groups in total. The van der Waals surface area contributed by atoms with Crippen molar-refractivity contribution in [1.29, 1.82) is 0 Å². The van der Waals surface area contributed by atoms with Crippen LogP contribution in [0.2, 0.25) is 0 Å². The molecule has 1 rings (SSSR count). The fraction of sp³-hybridized carbons (Fsp3) is 1.00. The molecule has 0 aromatic carbocycles. The second kappa shape index (κ2) is 3.35. The van der Waals surface area contributed by atoms with Crippen molar-refractivity contribution in [3.05, 3.63) is 0 Å². The van der Waals surface area contributed by atoms with Crippen LogP contribution in [0.25, 0.3) is 0 Å². The first-order valence-electron chi connectivity index (χ1n) is 4.04. The molecule has 1 aliphatic rings. The highest BCUT2D eigenvalue weighted by atomic mass is 16.5. The summed E-state index contributed by atoms with van der Waals surface area (Å²) >= 11 is 0. The fourth-order valence-corrected chi connectivity index (χ4v) is 1.85. The minimum absolute atomic E-state index is 0.299. The van der Waals surface area contributed by atoms with E-state index in [9.17, 15) is 0 Å². The molecule has 1 aliphatic carbocycles. The monoisotopic (exact) mass is 143 g/mol. The van der Waals surface area contributed by atoms with E-state index in [0.29, 0.717) is 18.1 Å². The van der Waals surface area contributed by atoms with Crippen molar-refractivity contribution in [2.75, 3.05) is 7.11 Å². The van der Waals surface area contributed by atoms with Crippen LogP contribution in [0.5, 0.6) is 0 Å². The van der Waals surface area contributed by atoms with Gasteiger partial charge in [0, 0.05) is 13.2 Å². The minimum atomic E-state index is 0.299. The van der Waals surface area contributed by atoms with E-state index in [1.807, 2.05) is 0 Å². The van der Waals surface area contributed by atoms with Gasteiger partial charge in [-0.25, -0.2) is 0 Å². The van der Waals surface area contributed by atoms with Gasteiger partial charge in [-0.2, -0.15) is 0 Å². The second-order valence-corrected chi connectivity index (χ2v) is 3.23. The van der Waals surface area contributed by atoms with Gasteiger partial charge in [-0.1, -0.05) is 6.42 Å². The van der Waals surface area contributed by atoms with Crippen LogP contribution in [0.4, 0.5) is 0 Å². The number of hydrogen-bond donors (Lipinski definition) is 1. The first-order valence-corrected chi connectivity index (χ1v) is 4.04. The lowest BCUT2D eigenvalue weighted by Crippen LogP contribution is -2.32. The smallest absolute Gasteiger partial charge is 0.0614 e. The standard InChI is InChI=1S/C8H17NO/c1-6(9)7-4-3-5-8(7)10-2/h6-8H,3-5,9H2,1-2H3. The second-order valence-electron chi connectivity index (χ2n) is 3.23. The minimum Gasteiger partial charge on any atom is -0.381 e. The largest absolute Gasteiger partial charge is 0.381 e. The van der Waals surface area contributed by atoms with Crippen LogP contribution >= 0.6 is 0 Å². The summed E-state index contributed by atoms with van der Waals surface area (Å²) in [4.78, 5) is 0. The van der Waals surface area contributed by atoms with Gasteiger partial charge in [0.1, 0.15) is 0 Å². The summed E-state index contributed by atoms with van der Waals surface area (Å²) in [6.45, 7) is 2.07. The molecule has 0 heterocycles. The molecule has 2 nitrogen and oxygen atoms in total. The van der Waals surface area contributed by atoms with Gasteiger partial charge in [0.15, 0.2) is 0 Å². The van der Waals surface area contributed by atoms with Gasteiger partial charge in [0.2, 0.25) is 0 Å². The molecule has 10 heavy (non-hydrogen) atoms. The molecule has 0 spiro atoms. The van der Waals surface area contributed by atoms with Gasteiger partial charge < -0.3 is 10.5 Å². The average Bonchev–Trinajstić information content (AvgIpc) is 2.33. The van der Waals surface area contributed by atoms with E-state index in [-0.39, 0.29) is 0 Å². The fourth-order valence-electron chi connectivity index (χ4n) is 1.85. The van der Waals surface area contributed by atoms with Gasteiger partial charge in [-0.15, -0.1) is 0 Å². The Bertz CT molecular complexity index is 103. The van der Waals surface area contributed by atoms with E-state index in [1.165, 1.54) is 19.3 Å². The zero-order valence-electron chi connectivity index (χ0n) is 6.84. The predicted octanol–water partition coefficient (Wildman–Crippen LogP) is 1.15. The zero-order valence-corrected chi connectivity index (χ0v) is 6.84. The summed E-state index contributed by atoms with van der Waals surface area (Å²) in [7, 11) is 1.78. The molecule has 0 aromatic rings. The quantitative estimate of drug-likeness (QED) is 0.629. The van der Waals surface area contributed by atoms with Crippen molar-refractivity contribution in [1.82, 2.24) is 0 Å². The average molecular weight is 143 g/mol. The van der Waals surface area contributed by atoms with Crippen LogP contribution in [0, 0.1) is 5.92 Å².